The molecule has 0 bridgehead atoms. The number of rotatable bonds is 4. The molecule has 20 heavy (non-hydrogen) atoms. The molecule has 0 heterocycles. The second kappa shape index (κ2) is 6.75. The average molecular weight is 353 g/mol. The lowest BCUT2D eigenvalue weighted by Gasteiger charge is -2.21. The smallest absolute Gasteiger partial charge is 0.0576 e. The minimum absolute atomic E-state index is 0.197. The van der Waals surface area contributed by atoms with Crippen LogP contribution in [-0.2, 0) is 0 Å². The molecule has 1 unspecified atom stereocenters. The molecule has 0 aliphatic rings. The lowest BCUT2D eigenvalue weighted by Crippen LogP contribution is -2.22. The molecule has 2 aromatic carbocycles. The molecule has 0 aromatic heterocycles. The zero-order valence-electron chi connectivity index (χ0n) is 12.0. The maximum atomic E-state index is 5.98. The molecule has 0 fully saturated rings. The number of aryl methyl sites for hydroxylation is 2. The summed E-state index contributed by atoms with van der Waals surface area (Å²) in [5, 5.41) is 4.32. The lowest BCUT2D eigenvalue weighted by molar-refractivity contribution is 0.630. The van der Waals surface area contributed by atoms with E-state index < -0.39 is 0 Å². The standard InChI is InChI=1S/C17H19BrClN/c1-4-20-17(13-5-7-15(19)8-6-13)14-9-11(2)16(18)12(3)10-14/h5-10,17,20H,4H2,1-3H3. The van der Waals surface area contributed by atoms with Crippen LogP contribution in [0, 0.1) is 13.8 Å². The van der Waals surface area contributed by atoms with Gasteiger partial charge in [-0.05, 0) is 54.8 Å². The van der Waals surface area contributed by atoms with Crippen molar-refractivity contribution in [2.24, 2.45) is 0 Å². The molecule has 1 atom stereocenters. The summed E-state index contributed by atoms with van der Waals surface area (Å²) in [5.74, 6) is 0. The van der Waals surface area contributed by atoms with Gasteiger partial charge < -0.3 is 5.32 Å². The molecule has 0 aliphatic heterocycles. The highest BCUT2D eigenvalue weighted by atomic mass is 79.9. The molecule has 1 N–H and O–H groups in total. The van der Waals surface area contributed by atoms with E-state index in [0.29, 0.717) is 0 Å². The van der Waals surface area contributed by atoms with Crippen molar-refractivity contribution in [3.8, 4) is 0 Å². The van der Waals surface area contributed by atoms with Crippen molar-refractivity contribution in [1.82, 2.24) is 5.32 Å². The van der Waals surface area contributed by atoms with Crippen molar-refractivity contribution in [3.05, 3.63) is 68.1 Å². The van der Waals surface area contributed by atoms with Crippen molar-refractivity contribution in [3.63, 3.8) is 0 Å². The average Bonchev–Trinajstić information content (AvgIpc) is 2.43. The van der Waals surface area contributed by atoms with Crippen LogP contribution in [0.2, 0.25) is 5.02 Å². The SMILES string of the molecule is CCNC(c1ccc(Cl)cc1)c1cc(C)c(Br)c(C)c1. The fourth-order valence-electron chi connectivity index (χ4n) is 2.43. The van der Waals surface area contributed by atoms with Crippen molar-refractivity contribution < 1.29 is 0 Å². The van der Waals surface area contributed by atoms with E-state index in [1.165, 1.54) is 26.7 Å². The van der Waals surface area contributed by atoms with Gasteiger partial charge in [0.1, 0.15) is 0 Å². The molecule has 0 saturated heterocycles. The normalized spacial score (nSPS) is 12.4. The van der Waals surface area contributed by atoms with Crippen LogP contribution >= 0.6 is 27.5 Å². The van der Waals surface area contributed by atoms with Gasteiger partial charge in [0.15, 0.2) is 0 Å². The van der Waals surface area contributed by atoms with Crippen LogP contribution < -0.4 is 5.32 Å². The van der Waals surface area contributed by atoms with E-state index in [9.17, 15) is 0 Å². The summed E-state index contributed by atoms with van der Waals surface area (Å²) < 4.78 is 1.19. The van der Waals surface area contributed by atoms with E-state index in [1.807, 2.05) is 12.1 Å². The first-order valence-corrected chi connectivity index (χ1v) is 7.95. The monoisotopic (exact) mass is 351 g/mol. The summed E-state index contributed by atoms with van der Waals surface area (Å²) >= 11 is 9.61. The summed E-state index contributed by atoms with van der Waals surface area (Å²) in [6.45, 7) is 7.31. The maximum absolute atomic E-state index is 5.98. The third kappa shape index (κ3) is 3.43. The number of hydrogen-bond donors (Lipinski definition) is 1. The van der Waals surface area contributed by atoms with Crippen molar-refractivity contribution in [2.45, 2.75) is 26.8 Å². The molecule has 0 spiro atoms. The van der Waals surface area contributed by atoms with Gasteiger partial charge in [0.05, 0.1) is 6.04 Å². The number of benzene rings is 2. The summed E-state index contributed by atoms with van der Waals surface area (Å²) in [7, 11) is 0. The molecule has 2 rings (SSSR count). The Kier molecular flexibility index (Phi) is 5.25. The highest BCUT2D eigenvalue weighted by Gasteiger charge is 2.14. The van der Waals surface area contributed by atoms with Gasteiger partial charge in [0, 0.05) is 9.50 Å². The molecule has 0 radical (unpaired) electrons. The van der Waals surface area contributed by atoms with Gasteiger partial charge in [0.2, 0.25) is 0 Å². The van der Waals surface area contributed by atoms with Crippen LogP contribution in [0.4, 0.5) is 0 Å². The van der Waals surface area contributed by atoms with Gasteiger partial charge in [-0.25, -0.2) is 0 Å². The van der Waals surface area contributed by atoms with Crippen LogP contribution in [0.1, 0.15) is 35.2 Å². The minimum Gasteiger partial charge on any atom is -0.307 e. The van der Waals surface area contributed by atoms with Gasteiger partial charge >= 0.3 is 0 Å². The second-order valence-electron chi connectivity index (χ2n) is 5.01. The van der Waals surface area contributed by atoms with Crippen LogP contribution in [0.25, 0.3) is 0 Å². The molecule has 0 amide bonds. The lowest BCUT2D eigenvalue weighted by atomic mass is 9.95. The predicted octanol–water partition coefficient (Wildman–Crippen LogP) is 5.42. The fourth-order valence-corrected chi connectivity index (χ4v) is 2.79. The van der Waals surface area contributed by atoms with Crippen molar-refractivity contribution >= 4 is 27.5 Å². The van der Waals surface area contributed by atoms with E-state index in [0.717, 1.165) is 11.6 Å². The molecule has 106 valence electrons. The first-order valence-electron chi connectivity index (χ1n) is 6.78. The molecule has 0 saturated carbocycles. The molecular weight excluding hydrogens is 334 g/mol. The van der Waals surface area contributed by atoms with Crippen LogP contribution in [0.15, 0.2) is 40.9 Å². The fraction of sp³-hybridized carbons (Fsp3) is 0.294. The van der Waals surface area contributed by atoms with E-state index >= 15 is 0 Å². The van der Waals surface area contributed by atoms with Gasteiger partial charge in [-0.3, -0.25) is 0 Å². The zero-order valence-corrected chi connectivity index (χ0v) is 14.3. The highest BCUT2D eigenvalue weighted by molar-refractivity contribution is 9.10. The van der Waals surface area contributed by atoms with Gasteiger partial charge in [-0.15, -0.1) is 0 Å². The van der Waals surface area contributed by atoms with E-state index in [1.54, 1.807) is 0 Å². The molecule has 3 heteroatoms. The molecule has 1 nitrogen and oxygen atoms in total. The Labute approximate surface area is 134 Å². The Morgan fingerprint density at radius 3 is 2.10 bits per heavy atom. The van der Waals surface area contributed by atoms with Gasteiger partial charge in [-0.2, -0.15) is 0 Å². The summed E-state index contributed by atoms with van der Waals surface area (Å²) in [6.07, 6.45) is 0. The third-order valence-corrected chi connectivity index (χ3v) is 4.91. The number of nitrogens with one attached hydrogen (secondary N) is 1. The van der Waals surface area contributed by atoms with Crippen LogP contribution in [0.3, 0.4) is 0 Å². The Balaban J connectivity index is 2.45. The summed E-state index contributed by atoms with van der Waals surface area (Å²) in [6, 6.07) is 12.7. The summed E-state index contributed by atoms with van der Waals surface area (Å²) in [4.78, 5) is 0. The summed E-state index contributed by atoms with van der Waals surface area (Å²) in [5.41, 5.74) is 5.04. The third-order valence-electron chi connectivity index (χ3n) is 3.40. The Morgan fingerprint density at radius 1 is 1.05 bits per heavy atom. The van der Waals surface area contributed by atoms with Crippen LogP contribution in [-0.4, -0.2) is 6.54 Å². The Morgan fingerprint density at radius 2 is 1.60 bits per heavy atom. The first kappa shape index (κ1) is 15.6. The van der Waals surface area contributed by atoms with E-state index in [-0.39, 0.29) is 6.04 Å². The maximum Gasteiger partial charge on any atom is 0.0576 e. The highest BCUT2D eigenvalue weighted by Crippen LogP contribution is 2.29. The Bertz CT molecular complexity index is 569. The van der Waals surface area contributed by atoms with E-state index in [4.69, 9.17) is 11.6 Å². The largest absolute Gasteiger partial charge is 0.307 e. The quantitative estimate of drug-likeness (QED) is 0.775. The molecule has 2 aromatic rings. The minimum atomic E-state index is 0.197. The van der Waals surface area contributed by atoms with Crippen LogP contribution in [0.5, 0.6) is 0 Å². The van der Waals surface area contributed by atoms with Crippen molar-refractivity contribution in [2.75, 3.05) is 6.54 Å². The van der Waals surface area contributed by atoms with Gasteiger partial charge in [0.25, 0.3) is 0 Å². The topological polar surface area (TPSA) is 12.0 Å². The van der Waals surface area contributed by atoms with Gasteiger partial charge in [-0.1, -0.05) is 58.7 Å². The number of halogens is 2. The second-order valence-corrected chi connectivity index (χ2v) is 6.24. The predicted molar refractivity (Wildman–Crippen MR) is 90.6 cm³/mol. The Hall–Kier alpha value is -0.830. The molecule has 0 aliphatic carbocycles. The first-order chi connectivity index (χ1) is 9.52. The molecular formula is C17H19BrClN. The number of hydrogen-bond acceptors (Lipinski definition) is 1. The van der Waals surface area contributed by atoms with E-state index in [2.05, 4.69) is 66.3 Å². The zero-order chi connectivity index (χ0) is 14.7. The van der Waals surface area contributed by atoms with Crippen molar-refractivity contribution in [1.29, 1.82) is 0 Å².